The lowest BCUT2D eigenvalue weighted by molar-refractivity contribution is -0.113. The van der Waals surface area contributed by atoms with Crippen LogP contribution in [0.15, 0.2) is 40.8 Å². The largest absolute Gasteiger partial charge is 0.501 e. The number of primary amides is 1. The SMILES string of the molecule is COC(=CC(N)=O)C(C)C(C=Cc1csc(-c2csc(C(C)C=CC3OC3C(C)C)n2)n1)OC. The summed E-state index contributed by atoms with van der Waals surface area (Å²) >= 11 is 3.20. The van der Waals surface area contributed by atoms with Gasteiger partial charge in [-0.3, -0.25) is 4.79 Å². The summed E-state index contributed by atoms with van der Waals surface area (Å²) in [6.45, 7) is 8.42. The number of rotatable bonds is 12. The number of thiazole rings is 2. The molecule has 3 heterocycles. The summed E-state index contributed by atoms with van der Waals surface area (Å²) < 4.78 is 16.6. The van der Waals surface area contributed by atoms with Crippen LogP contribution in [-0.4, -0.2) is 48.4 Å². The molecule has 2 N–H and O–H groups in total. The van der Waals surface area contributed by atoms with Gasteiger partial charge in [-0.25, -0.2) is 9.97 Å². The number of methoxy groups -OCH3 is 2. The molecule has 0 aliphatic carbocycles. The highest BCUT2D eigenvalue weighted by Crippen LogP contribution is 2.33. The Hall–Kier alpha value is -2.33. The highest BCUT2D eigenvalue weighted by Gasteiger charge is 2.38. The third kappa shape index (κ3) is 6.85. The molecule has 0 spiro atoms. The fourth-order valence-electron chi connectivity index (χ4n) is 3.58. The Bertz CT molecular complexity index is 1060. The number of ether oxygens (including phenoxy) is 3. The van der Waals surface area contributed by atoms with Crippen molar-refractivity contribution in [1.82, 2.24) is 9.97 Å². The fraction of sp³-hybridized carbons (Fsp3) is 0.480. The van der Waals surface area contributed by atoms with E-state index < -0.39 is 5.91 Å². The number of carbonyl (C=O) groups excluding carboxylic acids is 1. The van der Waals surface area contributed by atoms with Crippen molar-refractivity contribution in [2.75, 3.05) is 14.2 Å². The lowest BCUT2D eigenvalue weighted by atomic mass is 10.0. The van der Waals surface area contributed by atoms with E-state index in [2.05, 4.69) is 38.3 Å². The lowest BCUT2D eigenvalue weighted by Gasteiger charge is -2.21. The summed E-state index contributed by atoms with van der Waals surface area (Å²) in [4.78, 5) is 20.7. The van der Waals surface area contributed by atoms with Gasteiger partial charge in [-0.1, -0.05) is 45.9 Å². The Kier molecular flexibility index (Phi) is 9.18. The Labute approximate surface area is 209 Å². The van der Waals surface area contributed by atoms with E-state index in [4.69, 9.17) is 29.9 Å². The van der Waals surface area contributed by atoms with Crippen LogP contribution in [0.2, 0.25) is 0 Å². The number of allylic oxidation sites excluding steroid dienone is 1. The minimum absolute atomic E-state index is 0.190. The fourth-order valence-corrected chi connectivity index (χ4v) is 5.25. The average Bonchev–Trinajstić information content (AvgIpc) is 3.18. The second-order valence-corrected chi connectivity index (χ2v) is 10.4. The van der Waals surface area contributed by atoms with Crippen LogP contribution in [0.3, 0.4) is 0 Å². The third-order valence-electron chi connectivity index (χ3n) is 5.65. The zero-order valence-electron chi connectivity index (χ0n) is 20.4. The van der Waals surface area contributed by atoms with Gasteiger partial charge < -0.3 is 19.9 Å². The molecule has 0 aromatic carbocycles. The Balaban J connectivity index is 1.64. The van der Waals surface area contributed by atoms with Gasteiger partial charge >= 0.3 is 0 Å². The molecule has 1 amide bonds. The van der Waals surface area contributed by atoms with E-state index in [-0.39, 0.29) is 24.0 Å². The second-order valence-electron chi connectivity index (χ2n) is 8.63. The summed E-state index contributed by atoms with van der Waals surface area (Å²) in [6.07, 6.45) is 9.70. The van der Waals surface area contributed by atoms with Crippen molar-refractivity contribution in [3.63, 3.8) is 0 Å². The van der Waals surface area contributed by atoms with E-state index >= 15 is 0 Å². The zero-order valence-corrected chi connectivity index (χ0v) is 22.1. The summed E-state index contributed by atoms with van der Waals surface area (Å²) in [7, 11) is 3.12. The summed E-state index contributed by atoms with van der Waals surface area (Å²) in [5, 5.41) is 5.97. The van der Waals surface area contributed by atoms with Crippen LogP contribution in [0.4, 0.5) is 0 Å². The van der Waals surface area contributed by atoms with Crippen LogP contribution in [0, 0.1) is 11.8 Å². The summed E-state index contributed by atoms with van der Waals surface area (Å²) in [6, 6.07) is 0. The van der Waals surface area contributed by atoms with Gasteiger partial charge in [0.1, 0.15) is 22.6 Å². The van der Waals surface area contributed by atoms with E-state index in [0.29, 0.717) is 17.8 Å². The van der Waals surface area contributed by atoms with Crippen molar-refractivity contribution in [2.45, 2.75) is 51.9 Å². The third-order valence-corrected chi connectivity index (χ3v) is 7.58. The number of amides is 1. The molecular weight excluding hydrogens is 470 g/mol. The Morgan fingerprint density at radius 1 is 1.15 bits per heavy atom. The van der Waals surface area contributed by atoms with E-state index in [0.717, 1.165) is 21.4 Å². The molecule has 0 saturated carbocycles. The maximum Gasteiger partial charge on any atom is 0.244 e. The van der Waals surface area contributed by atoms with Gasteiger partial charge in [-0.05, 0) is 12.0 Å². The molecule has 2 aromatic heterocycles. The van der Waals surface area contributed by atoms with Crippen LogP contribution >= 0.6 is 22.7 Å². The molecule has 1 aliphatic heterocycles. The topological polar surface area (TPSA) is 99.9 Å². The van der Waals surface area contributed by atoms with Crippen LogP contribution in [-0.2, 0) is 19.0 Å². The predicted molar refractivity (Wildman–Crippen MR) is 138 cm³/mol. The molecule has 0 bridgehead atoms. The molecule has 3 rings (SSSR count). The maximum absolute atomic E-state index is 11.2. The van der Waals surface area contributed by atoms with Gasteiger partial charge in [-0.2, -0.15) is 0 Å². The first-order valence-corrected chi connectivity index (χ1v) is 13.0. The molecular formula is C25H33N3O4S2. The van der Waals surface area contributed by atoms with E-state index in [9.17, 15) is 4.79 Å². The number of epoxide rings is 1. The first-order chi connectivity index (χ1) is 16.2. The molecule has 5 unspecified atom stereocenters. The van der Waals surface area contributed by atoms with Crippen LogP contribution in [0.1, 0.15) is 44.3 Å². The average molecular weight is 504 g/mol. The molecule has 9 heteroatoms. The monoisotopic (exact) mass is 503 g/mol. The maximum atomic E-state index is 11.2. The molecule has 34 heavy (non-hydrogen) atoms. The quantitative estimate of drug-likeness (QED) is 0.189. The van der Waals surface area contributed by atoms with Gasteiger partial charge in [0.15, 0.2) is 0 Å². The number of nitrogens with two attached hydrogens (primary N) is 1. The van der Waals surface area contributed by atoms with E-state index in [1.165, 1.54) is 13.2 Å². The van der Waals surface area contributed by atoms with Gasteiger partial charge in [0.25, 0.3) is 0 Å². The Morgan fingerprint density at radius 2 is 1.91 bits per heavy atom. The van der Waals surface area contributed by atoms with E-state index in [1.807, 2.05) is 24.5 Å². The van der Waals surface area contributed by atoms with Crippen molar-refractivity contribution in [2.24, 2.45) is 17.6 Å². The lowest BCUT2D eigenvalue weighted by Crippen LogP contribution is -2.22. The van der Waals surface area contributed by atoms with Crippen LogP contribution in [0.5, 0.6) is 0 Å². The van der Waals surface area contributed by atoms with Crippen molar-refractivity contribution in [3.8, 4) is 10.7 Å². The number of hydrogen-bond acceptors (Lipinski definition) is 8. The van der Waals surface area contributed by atoms with E-state index in [1.54, 1.807) is 29.8 Å². The summed E-state index contributed by atoms with van der Waals surface area (Å²) in [5.74, 6) is 0.487. The van der Waals surface area contributed by atoms with Crippen molar-refractivity contribution in [1.29, 1.82) is 0 Å². The highest BCUT2D eigenvalue weighted by atomic mass is 32.1. The molecule has 1 aliphatic rings. The zero-order chi connectivity index (χ0) is 24.8. The first-order valence-electron chi connectivity index (χ1n) is 11.2. The molecule has 5 atom stereocenters. The number of nitrogens with zero attached hydrogens (tertiary/aromatic N) is 2. The van der Waals surface area contributed by atoms with Gasteiger partial charge in [-0.15, -0.1) is 22.7 Å². The first kappa shape index (κ1) is 26.3. The van der Waals surface area contributed by atoms with Crippen molar-refractivity contribution < 1.29 is 19.0 Å². The minimum Gasteiger partial charge on any atom is -0.501 e. The minimum atomic E-state index is -0.556. The van der Waals surface area contributed by atoms with Gasteiger partial charge in [0, 0.05) is 35.8 Å². The highest BCUT2D eigenvalue weighted by molar-refractivity contribution is 7.14. The smallest absolute Gasteiger partial charge is 0.244 e. The van der Waals surface area contributed by atoms with Gasteiger partial charge in [0.2, 0.25) is 5.91 Å². The van der Waals surface area contributed by atoms with Crippen molar-refractivity contribution in [3.05, 3.63) is 51.5 Å². The van der Waals surface area contributed by atoms with Gasteiger partial charge in [0.05, 0.1) is 30.0 Å². The second kappa shape index (κ2) is 11.9. The molecule has 0 radical (unpaired) electrons. The molecule has 1 fully saturated rings. The molecule has 2 aromatic rings. The number of hydrogen-bond donors (Lipinski definition) is 1. The van der Waals surface area contributed by atoms with Crippen LogP contribution in [0.25, 0.3) is 16.8 Å². The summed E-state index contributed by atoms with van der Waals surface area (Å²) in [5.41, 5.74) is 6.97. The molecule has 1 saturated heterocycles. The standard InChI is InChI=1S/C25H33N3O4S2/c1-14(2)23-20(32-23)9-7-15(3)24-28-18(13-34-24)25-27-17(12-33-25)8-10-19(30-5)16(4)21(31-6)11-22(26)29/h7-16,19-20,23H,1-6H3,(H2,26,29). The Morgan fingerprint density at radius 3 is 2.53 bits per heavy atom. The normalized spacial score (nSPS) is 21.3. The molecule has 7 nitrogen and oxygen atoms in total. The molecule has 184 valence electrons. The van der Waals surface area contributed by atoms with Crippen LogP contribution < -0.4 is 5.73 Å². The number of carbonyl (C=O) groups is 1. The van der Waals surface area contributed by atoms with Crippen molar-refractivity contribution >= 4 is 34.7 Å². The predicted octanol–water partition coefficient (Wildman–Crippen LogP) is 5.03. The number of aromatic nitrogens is 2.